The van der Waals surface area contributed by atoms with E-state index in [0.29, 0.717) is 11.3 Å². The number of hydrogen-bond donors (Lipinski definition) is 1. The van der Waals surface area contributed by atoms with Crippen molar-refractivity contribution in [1.82, 2.24) is 4.98 Å². The molecule has 21 heavy (non-hydrogen) atoms. The van der Waals surface area contributed by atoms with E-state index in [1.807, 2.05) is 0 Å². The van der Waals surface area contributed by atoms with Gasteiger partial charge in [-0.2, -0.15) is 0 Å². The number of rotatable bonds is 5. The molecule has 0 atom stereocenters. The predicted molar refractivity (Wildman–Crippen MR) is 74.2 cm³/mol. The van der Waals surface area contributed by atoms with Crippen LogP contribution in [-0.4, -0.2) is 34.7 Å². The Morgan fingerprint density at radius 2 is 2.10 bits per heavy atom. The van der Waals surface area contributed by atoms with E-state index in [9.17, 15) is 20.0 Å². The minimum Gasteiger partial charge on any atom is -0.502 e. The quantitative estimate of drug-likeness (QED) is 0.291. The van der Waals surface area contributed by atoms with E-state index < -0.39 is 22.3 Å². The average molecular weight is 296 g/mol. The molecule has 1 rings (SSSR count). The van der Waals surface area contributed by atoms with Gasteiger partial charge in [0.05, 0.1) is 24.2 Å². The van der Waals surface area contributed by atoms with Gasteiger partial charge in [-0.15, -0.1) is 0 Å². The number of aliphatic hydroxyl groups excluding tert-OH is 1. The Labute approximate surface area is 121 Å². The number of aliphatic hydroxyl groups is 1. The summed E-state index contributed by atoms with van der Waals surface area (Å²) in [7, 11) is 1.25. The molecular weight excluding hydrogens is 280 g/mol. The van der Waals surface area contributed by atoms with Gasteiger partial charge in [-0.1, -0.05) is 0 Å². The molecule has 0 unspecified atom stereocenters. The number of ether oxygens (including phenoxy) is 2. The molecule has 1 aromatic rings. The molecule has 0 radical (unpaired) electrons. The lowest BCUT2D eigenvalue weighted by atomic mass is 10.1. The number of nitro groups is 1. The third-order valence-corrected chi connectivity index (χ3v) is 2.82. The van der Waals surface area contributed by atoms with Crippen molar-refractivity contribution in [3.05, 3.63) is 32.7 Å². The third kappa shape index (κ3) is 3.47. The Morgan fingerprint density at radius 3 is 2.57 bits per heavy atom. The van der Waals surface area contributed by atoms with E-state index >= 15 is 0 Å². The standard InChI is InChI=1S/C13H16N2O6/c1-5-21-13(17)10(16)6-9-7(2)8(3)14-12(20-4)11(9)15(18)19/h6,16H,5H2,1-4H3/b10-6-. The zero-order valence-electron chi connectivity index (χ0n) is 12.2. The van der Waals surface area contributed by atoms with Crippen LogP contribution in [-0.2, 0) is 9.53 Å². The number of methoxy groups -OCH3 is 1. The van der Waals surface area contributed by atoms with Crippen LogP contribution in [0.3, 0.4) is 0 Å². The highest BCUT2D eigenvalue weighted by Crippen LogP contribution is 2.34. The molecule has 1 aromatic heterocycles. The topological polar surface area (TPSA) is 112 Å². The molecule has 0 aliphatic rings. The van der Waals surface area contributed by atoms with Crippen molar-refractivity contribution in [2.75, 3.05) is 13.7 Å². The molecule has 0 spiro atoms. The Kier molecular flexibility index (Phi) is 5.23. The van der Waals surface area contributed by atoms with Crippen LogP contribution in [0.15, 0.2) is 5.76 Å². The number of pyridine rings is 1. The number of nitrogens with zero attached hydrogens (tertiary/aromatic N) is 2. The number of carbonyl (C=O) groups excluding carboxylic acids is 1. The van der Waals surface area contributed by atoms with E-state index in [1.165, 1.54) is 7.11 Å². The Morgan fingerprint density at radius 1 is 1.48 bits per heavy atom. The Hall–Kier alpha value is -2.64. The van der Waals surface area contributed by atoms with E-state index in [-0.39, 0.29) is 18.1 Å². The lowest BCUT2D eigenvalue weighted by Crippen LogP contribution is -2.08. The Bertz CT molecular complexity index is 609. The molecule has 0 aliphatic carbocycles. The van der Waals surface area contributed by atoms with Crippen molar-refractivity contribution in [3.63, 3.8) is 0 Å². The first-order valence-electron chi connectivity index (χ1n) is 6.10. The SMILES string of the molecule is CCOC(=O)/C(O)=C/c1c(C)c(C)nc(OC)c1[N+](=O)[O-]. The second-order valence-electron chi connectivity index (χ2n) is 4.10. The third-order valence-electron chi connectivity index (χ3n) is 2.82. The summed E-state index contributed by atoms with van der Waals surface area (Å²) in [5, 5.41) is 20.9. The summed E-state index contributed by atoms with van der Waals surface area (Å²) in [4.78, 5) is 25.9. The van der Waals surface area contributed by atoms with Crippen LogP contribution in [0.25, 0.3) is 6.08 Å². The fraction of sp³-hybridized carbons (Fsp3) is 0.385. The fourth-order valence-corrected chi connectivity index (χ4v) is 1.67. The molecule has 114 valence electrons. The molecule has 8 heteroatoms. The van der Waals surface area contributed by atoms with Crippen LogP contribution < -0.4 is 4.74 Å². The van der Waals surface area contributed by atoms with Gasteiger partial charge in [0.1, 0.15) is 0 Å². The fourth-order valence-electron chi connectivity index (χ4n) is 1.67. The van der Waals surface area contributed by atoms with Crippen LogP contribution >= 0.6 is 0 Å². The van der Waals surface area contributed by atoms with E-state index in [0.717, 1.165) is 6.08 Å². The second-order valence-corrected chi connectivity index (χ2v) is 4.10. The van der Waals surface area contributed by atoms with Crippen LogP contribution in [0.5, 0.6) is 5.88 Å². The van der Waals surface area contributed by atoms with E-state index in [1.54, 1.807) is 20.8 Å². The highest BCUT2D eigenvalue weighted by atomic mass is 16.6. The number of carbonyl (C=O) groups is 1. The summed E-state index contributed by atoms with van der Waals surface area (Å²) in [6.07, 6.45) is 0.989. The molecule has 0 aromatic carbocycles. The van der Waals surface area contributed by atoms with Crippen LogP contribution in [0.2, 0.25) is 0 Å². The summed E-state index contributed by atoms with van der Waals surface area (Å²) in [5.74, 6) is -1.87. The van der Waals surface area contributed by atoms with Gasteiger partial charge >= 0.3 is 11.7 Å². The van der Waals surface area contributed by atoms with Crippen molar-refractivity contribution in [2.24, 2.45) is 0 Å². The summed E-state index contributed by atoms with van der Waals surface area (Å²) < 4.78 is 9.52. The van der Waals surface area contributed by atoms with Crippen molar-refractivity contribution in [3.8, 4) is 5.88 Å². The second kappa shape index (κ2) is 6.69. The van der Waals surface area contributed by atoms with Gasteiger partial charge in [0.25, 0.3) is 5.88 Å². The zero-order valence-corrected chi connectivity index (χ0v) is 12.2. The van der Waals surface area contributed by atoms with Crippen molar-refractivity contribution in [2.45, 2.75) is 20.8 Å². The summed E-state index contributed by atoms with van der Waals surface area (Å²) in [5.41, 5.74) is 0.574. The van der Waals surface area contributed by atoms with Crippen molar-refractivity contribution >= 4 is 17.7 Å². The number of aromatic nitrogens is 1. The largest absolute Gasteiger partial charge is 0.502 e. The van der Waals surface area contributed by atoms with E-state index in [4.69, 9.17) is 4.74 Å². The van der Waals surface area contributed by atoms with Gasteiger partial charge in [0, 0.05) is 11.8 Å². The first-order valence-corrected chi connectivity index (χ1v) is 6.10. The van der Waals surface area contributed by atoms with Crippen LogP contribution in [0, 0.1) is 24.0 Å². The molecule has 1 N–H and O–H groups in total. The molecule has 0 saturated heterocycles. The highest BCUT2D eigenvalue weighted by Gasteiger charge is 2.26. The van der Waals surface area contributed by atoms with Crippen LogP contribution in [0.1, 0.15) is 23.7 Å². The Balaban J connectivity index is 3.53. The predicted octanol–water partition coefficient (Wildman–Crippen LogP) is 2.08. The normalized spacial score (nSPS) is 11.1. The van der Waals surface area contributed by atoms with Gasteiger partial charge in [-0.05, 0) is 26.3 Å². The first-order chi connectivity index (χ1) is 9.83. The molecular formula is C13H16N2O6. The maximum atomic E-state index is 11.4. The minimum atomic E-state index is -0.959. The molecule has 0 saturated carbocycles. The molecule has 8 nitrogen and oxygen atoms in total. The lowest BCUT2D eigenvalue weighted by Gasteiger charge is -2.09. The highest BCUT2D eigenvalue weighted by molar-refractivity contribution is 5.92. The average Bonchev–Trinajstić information content (AvgIpc) is 2.43. The van der Waals surface area contributed by atoms with Crippen LogP contribution in [0.4, 0.5) is 5.69 Å². The lowest BCUT2D eigenvalue weighted by molar-refractivity contribution is -0.386. The number of aryl methyl sites for hydroxylation is 1. The summed E-state index contributed by atoms with van der Waals surface area (Å²) in [6, 6.07) is 0. The molecule has 0 fully saturated rings. The molecule has 0 amide bonds. The zero-order chi connectivity index (χ0) is 16.2. The number of hydrogen-bond acceptors (Lipinski definition) is 7. The maximum absolute atomic E-state index is 11.4. The van der Waals surface area contributed by atoms with E-state index in [2.05, 4.69) is 9.72 Å². The van der Waals surface area contributed by atoms with Gasteiger partial charge in [-0.25, -0.2) is 9.78 Å². The van der Waals surface area contributed by atoms with Gasteiger partial charge in [-0.3, -0.25) is 10.1 Å². The first kappa shape index (κ1) is 16.4. The van der Waals surface area contributed by atoms with Gasteiger partial charge < -0.3 is 14.6 Å². The van der Waals surface area contributed by atoms with Gasteiger partial charge in [0.15, 0.2) is 0 Å². The maximum Gasteiger partial charge on any atom is 0.373 e. The smallest absolute Gasteiger partial charge is 0.373 e. The molecule has 0 aliphatic heterocycles. The summed E-state index contributed by atoms with van der Waals surface area (Å²) >= 11 is 0. The van der Waals surface area contributed by atoms with Crippen molar-refractivity contribution < 1.29 is 24.3 Å². The van der Waals surface area contributed by atoms with Crippen molar-refractivity contribution in [1.29, 1.82) is 0 Å². The molecule has 1 heterocycles. The monoisotopic (exact) mass is 296 g/mol. The minimum absolute atomic E-state index is 0.0508. The summed E-state index contributed by atoms with van der Waals surface area (Å²) in [6.45, 7) is 4.90. The molecule has 0 bridgehead atoms. The number of esters is 1. The van der Waals surface area contributed by atoms with Gasteiger partial charge in [0.2, 0.25) is 5.76 Å².